The summed E-state index contributed by atoms with van der Waals surface area (Å²) in [4.78, 5) is 1.83. The molecule has 1 rings (SSSR count). The van der Waals surface area contributed by atoms with E-state index in [1.165, 1.54) is 0 Å². The van der Waals surface area contributed by atoms with Gasteiger partial charge in [0.25, 0.3) is 0 Å². The molecule has 1 heterocycles. The lowest BCUT2D eigenvalue weighted by molar-refractivity contribution is -0.185. The molecule has 0 aromatic carbocycles. The quantitative estimate of drug-likeness (QED) is 0.768. The number of aliphatic hydroxyl groups excluding tert-OH is 1. The number of halogens is 4. The van der Waals surface area contributed by atoms with Gasteiger partial charge in [-0.2, -0.15) is 13.2 Å². The smallest absolute Gasteiger partial charge is 0.391 e. The van der Waals surface area contributed by atoms with Gasteiger partial charge in [-0.1, -0.05) is 0 Å². The Kier molecular flexibility index (Phi) is 4.67. The molecule has 0 bridgehead atoms. The number of β-amino-alcohol motifs (C(OH)–C–C–N with tert-alkyl or cyclic N) is 1. The highest BCUT2D eigenvalue weighted by Crippen LogP contribution is 2.33. The zero-order valence-electron chi connectivity index (χ0n) is 8.30. The van der Waals surface area contributed by atoms with Crippen LogP contribution in [0.25, 0.3) is 0 Å². The molecule has 1 unspecified atom stereocenters. The molecule has 1 atom stereocenters. The highest BCUT2D eigenvalue weighted by molar-refractivity contribution is 6.18. The monoisotopic (exact) mass is 245 g/mol. The molecule has 2 nitrogen and oxygen atoms in total. The van der Waals surface area contributed by atoms with Crippen LogP contribution in [0.4, 0.5) is 13.2 Å². The minimum Gasteiger partial charge on any atom is -0.391 e. The van der Waals surface area contributed by atoms with Crippen molar-refractivity contribution in [2.75, 3.05) is 25.5 Å². The van der Waals surface area contributed by atoms with Crippen LogP contribution < -0.4 is 0 Å². The van der Waals surface area contributed by atoms with E-state index in [9.17, 15) is 18.3 Å². The summed E-state index contributed by atoms with van der Waals surface area (Å²) in [7, 11) is 0. The Morgan fingerprint density at radius 3 is 2.27 bits per heavy atom. The molecule has 0 aliphatic carbocycles. The first-order valence-electron chi connectivity index (χ1n) is 4.96. The van der Waals surface area contributed by atoms with Crippen molar-refractivity contribution in [1.82, 2.24) is 4.90 Å². The standard InChI is InChI=1S/C9H15ClF3NO/c10-5-8(15)6-14-3-1-7(2-4-14)9(11,12)13/h7-8,15H,1-6H2. The molecule has 15 heavy (non-hydrogen) atoms. The molecular formula is C9H15ClF3NO. The normalized spacial score (nSPS) is 23.0. The van der Waals surface area contributed by atoms with Crippen molar-refractivity contribution in [2.45, 2.75) is 25.1 Å². The predicted molar refractivity (Wildman–Crippen MR) is 51.9 cm³/mol. The lowest BCUT2D eigenvalue weighted by Gasteiger charge is -2.33. The van der Waals surface area contributed by atoms with Crippen molar-refractivity contribution in [3.8, 4) is 0 Å². The van der Waals surface area contributed by atoms with E-state index < -0.39 is 18.2 Å². The molecule has 1 aliphatic rings. The fourth-order valence-corrected chi connectivity index (χ4v) is 1.89. The van der Waals surface area contributed by atoms with Crippen LogP contribution in [-0.4, -0.2) is 47.8 Å². The van der Waals surface area contributed by atoms with Gasteiger partial charge in [-0.15, -0.1) is 11.6 Å². The zero-order valence-corrected chi connectivity index (χ0v) is 9.06. The maximum absolute atomic E-state index is 12.3. The van der Waals surface area contributed by atoms with Crippen LogP contribution in [0, 0.1) is 5.92 Å². The predicted octanol–water partition coefficient (Wildman–Crippen LogP) is 1.86. The Hall–Kier alpha value is -0.0000000000000000555. The molecule has 1 aliphatic heterocycles. The zero-order chi connectivity index (χ0) is 11.5. The first kappa shape index (κ1) is 13.1. The lowest BCUT2D eigenvalue weighted by Crippen LogP contribution is -2.42. The van der Waals surface area contributed by atoms with E-state index in [0.29, 0.717) is 19.6 Å². The van der Waals surface area contributed by atoms with Crippen molar-refractivity contribution < 1.29 is 18.3 Å². The second-order valence-electron chi connectivity index (χ2n) is 3.92. The van der Waals surface area contributed by atoms with Gasteiger partial charge < -0.3 is 10.0 Å². The van der Waals surface area contributed by atoms with Gasteiger partial charge in [-0.25, -0.2) is 0 Å². The van der Waals surface area contributed by atoms with Crippen LogP contribution in [-0.2, 0) is 0 Å². The van der Waals surface area contributed by atoms with E-state index >= 15 is 0 Å². The Labute approximate surface area is 92.0 Å². The number of aliphatic hydroxyl groups is 1. The van der Waals surface area contributed by atoms with E-state index in [1.807, 2.05) is 4.90 Å². The molecule has 1 fully saturated rings. The van der Waals surface area contributed by atoms with E-state index in [4.69, 9.17) is 11.6 Å². The highest BCUT2D eigenvalue weighted by atomic mass is 35.5. The number of rotatable bonds is 3. The molecule has 0 amide bonds. The Morgan fingerprint density at radius 1 is 1.33 bits per heavy atom. The number of hydrogen-bond donors (Lipinski definition) is 1. The molecule has 0 aromatic rings. The third kappa shape index (κ3) is 4.17. The van der Waals surface area contributed by atoms with E-state index in [0.717, 1.165) is 0 Å². The van der Waals surface area contributed by atoms with Gasteiger partial charge in [0.05, 0.1) is 12.0 Å². The molecule has 1 saturated heterocycles. The minimum absolute atomic E-state index is 0.124. The number of nitrogens with zero attached hydrogens (tertiary/aromatic N) is 1. The van der Waals surface area contributed by atoms with Gasteiger partial charge in [0.15, 0.2) is 0 Å². The van der Waals surface area contributed by atoms with Crippen LogP contribution in [0.1, 0.15) is 12.8 Å². The second-order valence-corrected chi connectivity index (χ2v) is 4.23. The summed E-state index contributed by atoms with van der Waals surface area (Å²) in [5.41, 5.74) is 0. The molecule has 90 valence electrons. The second kappa shape index (κ2) is 5.37. The van der Waals surface area contributed by atoms with E-state index in [1.54, 1.807) is 0 Å². The molecule has 0 radical (unpaired) electrons. The first-order valence-corrected chi connectivity index (χ1v) is 5.50. The Bertz CT molecular complexity index is 192. The van der Waals surface area contributed by atoms with Crippen molar-refractivity contribution in [2.24, 2.45) is 5.92 Å². The lowest BCUT2D eigenvalue weighted by atomic mass is 9.96. The van der Waals surface area contributed by atoms with Gasteiger partial charge in [0.1, 0.15) is 0 Å². The van der Waals surface area contributed by atoms with Gasteiger partial charge in [0.2, 0.25) is 0 Å². The topological polar surface area (TPSA) is 23.5 Å². The average molecular weight is 246 g/mol. The summed E-state index contributed by atoms with van der Waals surface area (Å²) in [5.74, 6) is -1.05. The third-order valence-corrected chi connectivity index (χ3v) is 3.05. The molecule has 6 heteroatoms. The van der Waals surface area contributed by atoms with Crippen LogP contribution in [0.2, 0.25) is 0 Å². The molecule has 0 saturated carbocycles. The van der Waals surface area contributed by atoms with Crippen molar-refractivity contribution in [3.63, 3.8) is 0 Å². The molecule has 1 N–H and O–H groups in total. The van der Waals surface area contributed by atoms with Crippen LogP contribution in [0.3, 0.4) is 0 Å². The maximum Gasteiger partial charge on any atom is 0.391 e. The summed E-state index contributed by atoms with van der Waals surface area (Å²) in [6, 6.07) is 0. The van der Waals surface area contributed by atoms with E-state index in [-0.39, 0.29) is 18.7 Å². The van der Waals surface area contributed by atoms with E-state index in [2.05, 4.69) is 0 Å². The van der Waals surface area contributed by atoms with Gasteiger partial charge in [-0.3, -0.25) is 0 Å². The third-order valence-electron chi connectivity index (χ3n) is 2.70. The van der Waals surface area contributed by atoms with Gasteiger partial charge >= 0.3 is 6.18 Å². The summed E-state index contributed by atoms with van der Waals surface area (Å²) in [5, 5.41) is 9.24. The SMILES string of the molecule is OC(CCl)CN1CCC(C(F)(F)F)CC1. The summed E-state index contributed by atoms with van der Waals surface area (Å²) in [6.07, 6.45) is -4.47. The van der Waals surface area contributed by atoms with Gasteiger partial charge in [-0.05, 0) is 25.9 Å². The highest BCUT2D eigenvalue weighted by Gasteiger charge is 2.41. The molecule has 0 spiro atoms. The fourth-order valence-electron chi connectivity index (χ4n) is 1.79. The summed E-state index contributed by atoms with van der Waals surface area (Å²) >= 11 is 5.42. The molecular weight excluding hydrogens is 231 g/mol. The van der Waals surface area contributed by atoms with Crippen LogP contribution in [0.5, 0.6) is 0 Å². The summed E-state index contributed by atoms with van der Waals surface area (Å²) in [6.45, 7) is 1.14. The Balaban J connectivity index is 2.30. The number of hydrogen-bond acceptors (Lipinski definition) is 2. The molecule has 0 aromatic heterocycles. The van der Waals surface area contributed by atoms with Crippen molar-refractivity contribution >= 4 is 11.6 Å². The first-order chi connectivity index (χ1) is 6.93. The van der Waals surface area contributed by atoms with Crippen LogP contribution in [0.15, 0.2) is 0 Å². The summed E-state index contributed by atoms with van der Waals surface area (Å²) < 4.78 is 36.9. The van der Waals surface area contributed by atoms with Crippen molar-refractivity contribution in [3.05, 3.63) is 0 Å². The largest absolute Gasteiger partial charge is 0.391 e. The Morgan fingerprint density at radius 2 is 1.87 bits per heavy atom. The van der Waals surface area contributed by atoms with Gasteiger partial charge in [0, 0.05) is 12.4 Å². The number of piperidine rings is 1. The van der Waals surface area contributed by atoms with Crippen LogP contribution >= 0.6 is 11.6 Å². The maximum atomic E-state index is 12.3. The minimum atomic E-state index is -4.07. The average Bonchev–Trinajstić information content (AvgIpc) is 2.17. The fraction of sp³-hybridized carbons (Fsp3) is 1.00. The number of likely N-dealkylation sites (tertiary alicyclic amines) is 1. The number of alkyl halides is 4. The van der Waals surface area contributed by atoms with Crippen molar-refractivity contribution in [1.29, 1.82) is 0 Å².